The molecule has 10 heteroatoms. The second kappa shape index (κ2) is 6.25. The minimum atomic E-state index is -4.86. The quantitative estimate of drug-likeness (QED) is 0.629. The van der Waals surface area contributed by atoms with E-state index in [0.29, 0.717) is 0 Å². The zero-order valence-corrected chi connectivity index (χ0v) is 12.8. The molecule has 2 N–H and O–H groups in total. The largest absolute Gasteiger partial charge is 0.490 e. The molecular weight excluding hydrogens is 364 g/mol. The van der Waals surface area contributed by atoms with Crippen LogP contribution >= 0.6 is 34.8 Å². The van der Waals surface area contributed by atoms with Crippen molar-refractivity contribution in [1.82, 2.24) is 4.98 Å². The lowest BCUT2D eigenvalue weighted by Crippen LogP contribution is -2.37. The minimum absolute atomic E-state index is 0.0623. The molecule has 0 saturated carbocycles. The SMILES string of the molecule is OB(O)c1ccc(-c2cc(Cl)c(Cl)cc2Cl)nc1C(F)(F)F. The van der Waals surface area contributed by atoms with E-state index in [1.807, 2.05) is 0 Å². The monoisotopic (exact) mass is 369 g/mol. The Morgan fingerprint density at radius 1 is 0.955 bits per heavy atom. The number of alkyl halides is 3. The standard InChI is InChI=1S/C12H6BCl3F3NO2/c14-7-4-9(16)8(15)3-5(7)10-2-1-6(13(21)22)11(20-10)12(17,18)19/h1-4,21-22H. The highest BCUT2D eigenvalue weighted by Crippen LogP contribution is 2.35. The molecule has 0 amide bonds. The number of rotatable bonds is 2. The lowest BCUT2D eigenvalue weighted by Gasteiger charge is -2.14. The van der Waals surface area contributed by atoms with Gasteiger partial charge in [0, 0.05) is 11.0 Å². The summed E-state index contributed by atoms with van der Waals surface area (Å²) in [6.07, 6.45) is -4.86. The van der Waals surface area contributed by atoms with Crippen LogP contribution in [0.4, 0.5) is 13.2 Å². The number of hydrogen-bond donors (Lipinski definition) is 2. The summed E-state index contributed by atoms with van der Waals surface area (Å²) in [5.41, 5.74) is -2.16. The molecule has 0 unspecified atom stereocenters. The molecule has 0 aliphatic rings. The van der Waals surface area contributed by atoms with Gasteiger partial charge in [0.2, 0.25) is 0 Å². The van der Waals surface area contributed by atoms with E-state index in [1.54, 1.807) is 0 Å². The van der Waals surface area contributed by atoms with Gasteiger partial charge in [-0.1, -0.05) is 40.9 Å². The Bertz CT molecular complexity index is 725. The van der Waals surface area contributed by atoms with Crippen LogP contribution in [0.15, 0.2) is 24.3 Å². The van der Waals surface area contributed by atoms with Crippen molar-refractivity contribution >= 4 is 47.4 Å². The van der Waals surface area contributed by atoms with Crippen LogP contribution in [-0.2, 0) is 6.18 Å². The van der Waals surface area contributed by atoms with Crippen molar-refractivity contribution in [3.05, 3.63) is 45.0 Å². The summed E-state index contributed by atoms with van der Waals surface area (Å²) in [6, 6.07) is 4.65. The van der Waals surface area contributed by atoms with Crippen LogP contribution in [0.5, 0.6) is 0 Å². The number of aromatic nitrogens is 1. The molecule has 0 saturated heterocycles. The van der Waals surface area contributed by atoms with E-state index in [-0.39, 0.29) is 26.3 Å². The van der Waals surface area contributed by atoms with Crippen molar-refractivity contribution < 1.29 is 23.2 Å². The fourth-order valence-electron chi connectivity index (χ4n) is 1.77. The Kier molecular flexibility index (Phi) is 4.94. The fourth-order valence-corrected chi connectivity index (χ4v) is 2.42. The summed E-state index contributed by atoms with van der Waals surface area (Å²) in [7, 11) is -2.30. The van der Waals surface area contributed by atoms with Crippen molar-refractivity contribution in [2.45, 2.75) is 6.18 Å². The molecule has 1 aromatic heterocycles. The summed E-state index contributed by atoms with van der Waals surface area (Å²) in [6.45, 7) is 0. The average Bonchev–Trinajstić information content (AvgIpc) is 2.41. The molecule has 0 bridgehead atoms. The van der Waals surface area contributed by atoms with Gasteiger partial charge in [-0.05, 0) is 18.2 Å². The van der Waals surface area contributed by atoms with Crippen molar-refractivity contribution in [1.29, 1.82) is 0 Å². The third-order valence-electron chi connectivity index (χ3n) is 2.76. The molecule has 1 heterocycles. The van der Waals surface area contributed by atoms with E-state index in [9.17, 15) is 13.2 Å². The summed E-state index contributed by atoms with van der Waals surface area (Å²) < 4.78 is 39.0. The van der Waals surface area contributed by atoms with E-state index < -0.39 is 24.5 Å². The van der Waals surface area contributed by atoms with Crippen molar-refractivity contribution in [2.24, 2.45) is 0 Å². The zero-order valence-electron chi connectivity index (χ0n) is 10.5. The van der Waals surface area contributed by atoms with Crippen LogP contribution in [0.3, 0.4) is 0 Å². The van der Waals surface area contributed by atoms with Gasteiger partial charge in [-0.2, -0.15) is 13.2 Å². The summed E-state index contributed by atoms with van der Waals surface area (Å²) in [4.78, 5) is 3.44. The minimum Gasteiger partial charge on any atom is -0.423 e. The first-order valence-electron chi connectivity index (χ1n) is 5.70. The summed E-state index contributed by atoms with van der Waals surface area (Å²) in [5, 5.41) is 18.3. The average molecular weight is 370 g/mol. The second-order valence-electron chi connectivity index (χ2n) is 4.25. The Balaban J connectivity index is 2.66. The van der Waals surface area contributed by atoms with E-state index >= 15 is 0 Å². The van der Waals surface area contributed by atoms with Crippen molar-refractivity contribution in [3.8, 4) is 11.3 Å². The van der Waals surface area contributed by atoms with Crippen molar-refractivity contribution in [2.75, 3.05) is 0 Å². The van der Waals surface area contributed by atoms with E-state index in [0.717, 1.165) is 6.07 Å². The third-order valence-corrected chi connectivity index (χ3v) is 3.79. The highest BCUT2D eigenvalue weighted by Gasteiger charge is 2.38. The van der Waals surface area contributed by atoms with Crippen LogP contribution in [0, 0.1) is 0 Å². The number of halogens is 6. The van der Waals surface area contributed by atoms with Gasteiger partial charge in [-0.3, -0.25) is 0 Å². The topological polar surface area (TPSA) is 53.4 Å². The molecule has 1 aromatic carbocycles. The maximum atomic E-state index is 13.0. The van der Waals surface area contributed by atoms with E-state index in [1.165, 1.54) is 18.2 Å². The second-order valence-corrected chi connectivity index (χ2v) is 5.47. The first-order chi connectivity index (χ1) is 10.1. The highest BCUT2D eigenvalue weighted by molar-refractivity contribution is 6.59. The third kappa shape index (κ3) is 3.50. The van der Waals surface area contributed by atoms with E-state index in [4.69, 9.17) is 44.9 Å². The van der Waals surface area contributed by atoms with Crippen molar-refractivity contribution in [3.63, 3.8) is 0 Å². The molecule has 0 fully saturated rings. The van der Waals surface area contributed by atoms with Crippen LogP contribution in [0.1, 0.15) is 5.69 Å². The zero-order chi connectivity index (χ0) is 16.7. The first kappa shape index (κ1) is 17.4. The highest BCUT2D eigenvalue weighted by atomic mass is 35.5. The Labute approximate surface area is 138 Å². The molecular formula is C12H6BCl3F3NO2. The molecule has 2 rings (SSSR count). The summed E-state index contributed by atoms with van der Waals surface area (Å²) >= 11 is 17.5. The Morgan fingerprint density at radius 3 is 2.09 bits per heavy atom. The van der Waals surface area contributed by atoms with Crippen LogP contribution < -0.4 is 5.46 Å². The molecule has 2 aromatic rings. The van der Waals surface area contributed by atoms with Crippen LogP contribution in [0.2, 0.25) is 15.1 Å². The molecule has 22 heavy (non-hydrogen) atoms. The molecule has 0 spiro atoms. The number of pyridine rings is 1. The van der Waals surface area contributed by atoms with Gasteiger partial charge < -0.3 is 10.0 Å². The van der Waals surface area contributed by atoms with Crippen LogP contribution in [0.25, 0.3) is 11.3 Å². The smallest absolute Gasteiger partial charge is 0.423 e. The Morgan fingerprint density at radius 2 is 1.55 bits per heavy atom. The summed E-state index contributed by atoms with van der Waals surface area (Å²) in [5.74, 6) is 0. The molecule has 3 nitrogen and oxygen atoms in total. The first-order valence-corrected chi connectivity index (χ1v) is 6.84. The molecule has 0 aliphatic heterocycles. The molecule has 0 aliphatic carbocycles. The van der Waals surface area contributed by atoms with Gasteiger partial charge in [-0.25, -0.2) is 4.98 Å². The maximum Gasteiger partial charge on any atom is 0.490 e. The number of nitrogens with zero attached hydrogens (tertiary/aromatic N) is 1. The van der Waals surface area contributed by atoms with Gasteiger partial charge in [0.05, 0.1) is 20.8 Å². The number of hydrogen-bond acceptors (Lipinski definition) is 3. The van der Waals surface area contributed by atoms with Gasteiger partial charge in [-0.15, -0.1) is 0 Å². The lowest BCUT2D eigenvalue weighted by molar-refractivity contribution is -0.140. The normalized spacial score (nSPS) is 11.6. The van der Waals surface area contributed by atoms with Gasteiger partial charge in [0.25, 0.3) is 0 Å². The van der Waals surface area contributed by atoms with Crippen LogP contribution in [-0.4, -0.2) is 22.2 Å². The fraction of sp³-hybridized carbons (Fsp3) is 0.0833. The maximum absolute atomic E-state index is 13.0. The lowest BCUT2D eigenvalue weighted by atomic mass is 9.78. The van der Waals surface area contributed by atoms with E-state index in [2.05, 4.69) is 4.98 Å². The van der Waals surface area contributed by atoms with Gasteiger partial charge in [0.1, 0.15) is 5.69 Å². The molecule has 116 valence electrons. The van der Waals surface area contributed by atoms with Gasteiger partial charge in [0.15, 0.2) is 0 Å². The van der Waals surface area contributed by atoms with Gasteiger partial charge >= 0.3 is 13.3 Å². The number of benzene rings is 1. The predicted octanol–water partition coefficient (Wildman–Crippen LogP) is 3.41. The Hall–Kier alpha value is -0.985. The molecule has 0 radical (unpaired) electrons. The molecule has 0 atom stereocenters. The predicted molar refractivity (Wildman–Crippen MR) is 79.5 cm³/mol.